The Morgan fingerprint density at radius 2 is 2.12 bits per heavy atom. The molecule has 0 saturated heterocycles. The van der Waals surface area contributed by atoms with Crippen LogP contribution < -0.4 is 10.1 Å². The molecule has 0 aromatic heterocycles. The first-order valence-electron chi connectivity index (χ1n) is 5.48. The molecule has 0 fully saturated rings. The Morgan fingerprint density at radius 3 is 2.65 bits per heavy atom. The van der Waals surface area contributed by atoms with E-state index in [1.165, 1.54) is 0 Å². The molecular formula is C13H18BrNO2. The van der Waals surface area contributed by atoms with Gasteiger partial charge >= 0.3 is 0 Å². The van der Waals surface area contributed by atoms with Gasteiger partial charge in [-0.1, -0.05) is 28.1 Å². The van der Waals surface area contributed by atoms with Gasteiger partial charge in [-0.2, -0.15) is 0 Å². The van der Waals surface area contributed by atoms with Crippen LogP contribution >= 0.6 is 15.9 Å². The zero-order valence-corrected chi connectivity index (χ0v) is 12.2. The van der Waals surface area contributed by atoms with E-state index in [9.17, 15) is 4.79 Å². The van der Waals surface area contributed by atoms with Crippen LogP contribution in [-0.2, 0) is 4.79 Å². The lowest BCUT2D eigenvalue weighted by molar-refractivity contribution is -0.123. The number of benzene rings is 1. The van der Waals surface area contributed by atoms with Crippen molar-refractivity contribution < 1.29 is 9.53 Å². The van der Waals surface area contributed by atoms with Crippen molar-refractivity contribution in [2.45, 2.75) is 31.1 Å². The third kappa shape index (κ3) is 4.04. The average Bonchev–Trinajstić information content (AvgIpc) is 2.27. The summed E-state index contributed by atoms with van der Waals surface area (Å²) in [5, 5.41) is 2.95. The maximum absolute atomic E-state index is 11.8. The molecule has 17 heavy (non-hydrogen) atoms. The number of hydrogen-bond acceptors (Lipinski definition) is 2. The molecule has 0 aliphatic carbocycles. The van der Waals surface area contributed by atoms with Crippen LogP contribution in [0.2, 0.25) is 0 Å². The number of nitrogens with one attached hydrogen (secondary N) is 1. The number of alkyl halides is 1. The minimum Gasteiger partial charge on any atom is -0.497 e. The van der Waals surface area contributed by atoms with Crippen LogP contribution in [0.3, 0.4) is 0 Å². The Bertz CT molecular complexity index is 399. The lowest BCUT2D eigenvalue weighted by Crippen LogP contribution is -2.38. The van der Waals surface area contributed by atoms with Crippen LogP contribution in [-0.4, -0.2) is 17.3 Å². The van der Waals surface area contributed by atoms with Crippen LogP contribution in [0.25, 0.3) is 0 Å². The second-order valence-corrected chi connectivity index (χ2v) is 6.43. The van der Waals surface area contributed by atoms with Crippen LogP contribution in [0.4, 0.5) is 0 Å². The quantitative estimate of drug-likeness (QED) is 0.868. The van der Waals surface area contributed by atoms with Gasteiger partial charge in [0.25, 0.3) is 0 Å². The molecule has 0 spiro atoms. The first-order valence-corrected chi connectivity index (χ1v) is 6.27. The second kappa shape index (κ2) is 5.54. The van der Waals surface area contributed by atoms with E-state index in [0.717, 1.165) is 11.3 Å². The summed E-state index contributed by atoms with van der Waals surface area (Å²) >= 11 is 3.34. The zero-order chi connectivity index (χ0) is 13.1. The average molecular weight is 300 g/mol. The normalized spacial score (nSPS) is 13.0. The van der Waals surface area contributed by atoms with Crippen LogP contribution in [0.5, 0.6) is 5.75 Å². The summed E-state index contributed by atoms with van der Waals surface area (Å²) in [6, 6.07) is 7.64. The Kier molecular flexibility index (Phi) is 4.57. The minimum atomic E-state index is -0.555. The molecule has 0 radical (unpaired) electrons. The maximum atomic E-state index is 11.8. The van der Waals surface area contributed by atoms with Crippen molar-refractivity contribution in [3.05, 3.63) is 29.8 Å². The smallest absolute Gasteiger partial charge is 0.236 e. The van der Waals surface area contributed by atoms with Crippen molar-refractivity contribution in [1.82, 2.24) is 5.32 Å². The molecule has 0 aliphatic heterocycles. The number of methoxy groups -OCH3 is 1. The molecule has 1 amide bonds. The van der Waals surface area contributed by atoms with E-state index in [1.54, 1.807) is 7.11 Å². The zero-order valence-electron chi connectivity index (χ0n) is 10.6. The molecule has 0 aliphatic rings. The predicted octanol–water partition coefficient (Wildman–Crippen LogP) is 3.05. The van der Waals surface area contributed by atoms with Gasteiger partial charge < -0.3 is 10.1 Å². The fourth-order valence-corrected chi connectivity index (χ4v) is 1.48. The van der Waals surface area contributed by atoms with Crippen molar-refractivity contribution in [1.29, 1.82) is 0 Å². The highest BCUT2D eigenvalue weighted by atomic mass is 79.9. The number of carbonyl (C=O) groups is 1. The van der Waals surface area contributed by atoms with E-state index in [0.29, 0.717) is 0 Å². The highest BCUT2D eigenvalue weighted by molar-refractivity contribution is 9.10. The number of hydrogen-bond donors (Lipinski definition) is 1. The van der Waals surface area contributed by atoms with E-state index in [4.69, 9.17) is 4.74 Å². The fourth-order valence-electron chi connectivity index (χ4n) is 1.36. The molecule has 1 aromatic rings. The van der Waals surface area contributed by atoms with E-state index < -0.39 is 4.32 Å². The van der Waals surface area contributed by atoms with Crippen molar-refractivity contribution in [2.24, 2.45) is 0 Å². The molecule has 4 heteroatoms. The van der Waals surface area contributed by atoms with E-state index in [-0.39, 0.29) is 11.9 Å². The van der Waals surface area contributed by atoms with Crippen molar-refractivity contribution in [3.63, 3.8) is 0 Å². The number of ether oxygens (including phenoxy) is 1. The van der Waals surface area contributed by atoms with Gasteiger partial charge in [0, 0.05) is 0 Å². The molecule has 0 heterocycles. The second-order valence-electron chi connectivity index (χ2n) is 4.44. The summed E-state index contributed by atoms with van der Waals surface area (Å²) in [6.45, 7) is 5.59. The summed E-state index contributed by atoms with van der Waals surface area (Å²) in [5.74, 6) is 0.759. The molecule has 1 rings (SSSR count). The molecule has 0 unspecified atom stereocenters. The van der Waals surface area contributed by atoms with Gasteiger partial charge in [0.05, 0.1) is 17.5 Å². The lowest BCUT2D eigenvalue weighted by atomic mass is 10.1. The molecule has 0 saturated carbocycles. The standard InChI is InChI=1S/C13H18BrNO2/c1-9(15-12(16)13(2,3)14)10-6-5-7-11(8-10)17-4/h5-9H,1-4H3,(H,15,16)/t9-/m1/s1. The molecular weight excluding hydrogens is 282 g/mol. The Morgan fingerprint density at radius 1 is 1.47 bits per heavy atom. The van der Waals surface area contributed by atoms with Gasteiger partial charge in [0.2, 0.25) is 5.91 Å². The largest absolute Gasteiger partial charge is 0.497 e. The molecule has 1 N–H and O–H groups in total. The van der Waals surface area contributed by atoms with Crippen LogP contribution in [0.15, 0.2) is 24.3 Å². The summed E-state index contributed by atoms with van der Waals surface area (Å²) in [4.78, 5) is 11.8. The Labute approximate surface area is 111 Å². The molecule has 3 nitrogen and oxygen atoms in total. The highest BCUT2D eigenvalue weighted by Gasteiger charge is 2.25. The number of halogens is 1. The van der Waals surface area contributed by atoms with Gasteiger partial charge in [-0.25, -0.2) is 0 Å². The van der Waals surface area contributed by atoms with E-state index in [2.05, 4.69) is 21.2 Å². The monoisotopic (exact) mass is 299 g/mol. The van der Waals surface area contributed by atoms with Gasteiger partial charge in [-0.15, -0.1) is 0 Å². The first-order chi connectivity index (χ1) is 7.84. The fraction of sp³-hybridized carbons (Fsp3) is 0.462. The highest BCUT2D eigenvalue weighted by Crippen LogP contribution is 2.21. The number of rotatable bonds is 4. The third-order valence-corrected chi connectivity index (χ3v) is 2.84. The molecule has 94 valence electrons. The van der Waals surface area contributed by atoms with E-state index >= 15 is 0 Å². The van der Waals surface area contributed by atoms with Crippen molar-refractivity contribution >= 4 is 21.8 Å². The summed E-state index contributed by atoms with van der Waals surface area (Å²) in [6.07, 6.45) is 0. The first kappa shape index (κ1) is 14.0. The van der Waals surface area contributed by atoms with Gasteiger partial charge in [-0.05, 0) is 38.5 Å². The third-order valence-electron chi connectivity index (χ3n) is 2.48. The predicted molar refractivity (Wildman–Crippen MR) is 72.6 cm³/mol. The summed E-state index contributed by atoms with van der Waals surface area (Å²) < 4.78 is 4.60. The van der Waals surface area contributed by atoms with Gasteiger partial charge in [0.15, 0.2) is 0 Å². The van der Waals surface area contributed by atoms with Crippen LogP contribution in [0.1, 0.15) is 32.4 Å². The Balaban J connectivity index is 2.76. The van der Waals surface area contributed by atoms with Gasteiger partial charge in [0.1, 0.15) is 5.75 Å². The van der Waals surface area contributed by atoms with Crippen molar-refractivity contribution in [3.8, 4) is 5.75 Å². The maximum Gasteiger partial charge on any atom is 0.236 e. The van der Waals surface area contributed by atoms with Crippen molar-refractivity contribution in [2.75, 3.05) is 7.11 Å². The topological polar surface area (TPSA) is 38.3 Å². The molecule has 1 atom stereocenters. The SMILES string of the molecule is COc1cccc([C@@H](C)NC(=O)C(C)(C)Br)c1. The van der Waals surface area contributed by atoms with Gasteiger partial charge in [-0.3, -0.25) is 4.79 Å². The Hall–Kier alpha value is -1.03. The lowest BCUT2D eigenvalue weighted by Gasteiger charge is -2.21. The molecule has 0 bridgehead atoms. The van der Waals surface area contributed by atoms with Crippen LogP contribution in [0, 0.1) is 0 Å². The number of carbonyl (C=O) groups excluding carboxylic acids is 1. The summed E-state index contributed by atoms with van der Waals surface area (Å²) in [5.41, 5.74) is 1.02. The number of amides is 1. The minimum absolute atomic E-state index is 0.0344. The summed E-state index contributed by atoms with van der Waals surface area (Å²) in [7, 11) is 1.63. The van der Waals surface area contributed by atoms with E-state index in [1.807, 2.05) is 45.0 Å². The molecule has 1 aromatic carbocycles.